The van der Waals surface area contributed by atoms with Crippen molar-refractivity contribution in [2.24, 2.45) is 4.40 Å². The molecule has 1 aromatic rings. The second-order valence-electron chi connectivity index (χ2n) is 4.40. The molecule has 1 heterocycles. The number of sulfonamides is 1. The van der Waals surface area contributed by atoms with E-state index in [4.69, 9.17) is 11.6 Å². The first-order chi connectivity index (χ1) is 9.89. The maximum Gasteiger partial charge on any atom is 0.284 e. The van der Waals surface area contributed by atoms with Gasteiger partial charge in [0.2, 0.25) is 5.91 Å². The zero-order chi connectivity index (χ0) is 15.6. The molecule has 0 radical (unpaired) electrons. The van der Waals surface area contributed by atoms with Gasteiger partial charge in [-0.3, -0.25) is 9.69 Å². The van der Waals surface area contributed by atoms with Crippen LogP contribution in [0.25, 0.3) is 0 Å². The van der Waals surface area contributed by atoms with E-state index in [0.717, 1.165) is 0 Å². The Morgan fingerprint density at radius 2 is 1.90 bits per heavy atom. The molecular weight excluding hydrogens is 332 g/mol. The van der Waals surface area contributed by atoms with Gasteiger partial charge in [0.05, 0.1) is 10.1 Å². The number of carbonyl (C=O) groups excluding carboxylic acids is 1. The zero-order valence-electron chi connectivity index (χ0n) is 11.6. The number of rotatable bonds is 4. The van der Waals surface area contributed by atoms with Crippen LogP contribution in [0.1, 0.15) is 20.3 Å². The van der Waals surface area contributed by atoms with Crippen LogP contribution in [-0.4, -0.2) is 36.2 Å². The van der Waals surface area contributed by atoms with Crippen molar-refractivity contribution in [3.8, 4) is 0 Å². The quantitative estimate of drug-likeness (QED) is 0.840. The fraction of sp³-hybridized carbons (Fsp3) is 0.385. The van der Waals surface area contributed by atoms with Gasteiger partial charge in [0, 0.05) is 11.6 Å². The highest BCUT2D eigenvalue weighted by atomic mass is 35.5. The average Bonchev–Trinajstić information content (AvgIpc) is 2.74. The van der Waals surface area contributed by atoms with Crippen LogP contribution in [0.15, 0.2) is 33.6 Å². The van der Waals surface area contributed by atoms with Gasteiger partial charge in [0.25, 0.3) is 10.0 Å². The molecular formula is C13H15ClN2O3S2. The molecule has 2 rings (SSSR count). The normalized spacial score (nSPS) is 21.3. The lowest BCUT2D eigenvalue weighted by atomic mass is 10.3. The third-order valence-electron chi connectivity index (χ3n) is 3.02. The molecule has 1 fully saturated rings. The van der Waals surface area contributed by atoms with E-state index in [1.807, 2.05) is 6.92 Å². The van der Waals surface area contributed by atoms with Crippen LogP contribution in [0.2, 0.25) is 5.02 Å². The molecule has 1 amide bonds. The summed E-state index contributed by atoms with van der Waals surface area (Å²) in [5.74, 6) is -0.0879. The Morgan fingerprint density at radius 1 is 1.29 bits per heavy atom. The van der Waals surface area contributed by atoms with Gasteiger partial charge in [-0.1, -0.05) is 30.3 Å². The maximum atomic E-state index is 12.3. The SMILES string of the molecule is CC[C@@H]1SC(=NS(=O)(=O)c2ccc(Cl)cc2)N(CC)C1=O. The Balaban J connectivity index is 2.37. The van der Waals surface area contributed by atoms with Gasteiger partial charge in [0.15, 0.2) is 5.17 Å². The first kappa shape index (κ1) is 16.3. The maximum absolute atomic E-state index is 12.3. The Morgan fingerprint density at radius 3 is 2.43 bits per heavy atom. The average molecular weight is 347 g/mol. The van der Waals surface area contributed by atoms with E-state index in [-0.39, 0.29) is 21.2 Å². The highest BCUT2D eigenvalue weighted by Gasteiger charge is 2.37. The second kappa shape index (κ2) is 6.37. The van der Waals surface area contributed by atoms with Crippen molar-refractivity contribution in [2.75, 3.05) is 6.54 Å². The van der Waals surface area contributed by atoms with Gasteiger partial charge in [0.1, 0.15) is 0 Å². The monoisotopic (exact) mass is 346 g/mol. The lowest BCUT2D eigenvalue weighted by Gasteiger charge is -2.12. The molecule has 0 bridgehead atoms. The van der Waals surface area contributed by atoms with Gasteiger partial charge in [-0.05, 0) is 37.6 Å². The van der Waals surface area contributed by atoms with Crippen LogP contribution in [0.5, 0.6) is 0 Å². The van der Waals surface area contributed by atoms with Crippen LogP contribution in [0.4, 0.5) is 0 Å². The molecule has 0 saturated carbocycles. The number of nitrogens with zero attached hydrogens (tertiary/aromatic N) is 2. The minimum absolute atomic E-state index is 0.0588. The number of amidine groups is 1. The minimum atomic E-state index is -3.84. The molecule has 1 atom stereocenters. The molecule has 0 aliphatic carbocycles. The summed E-state index contributed by atoms with van der Waals surface area (Å²) in [4.78, 5) is 13.5. The van der Waals surface area contributed by atoms with Crippen molar-refractivity contribution in [1.29, 1.82) is 0 Å². The van der Waals surface area contributed by atoms with Crippen molar-refractivity contribution in [2.45, 2.75) is 30.4 Å². The van der Waals surface area contributed by atoms with Crippen molar-refractivity contribution >= 4 is 44.5 Å². The fourth-order valence-electron chi connectivity index (χ4n) is 1.89. The Kier molecular flexibility index (Phi) is 4.95. The standard InChI is InChI=1S/C13H15ClN2O3S2/c1-3-11-12(17)16(4-2)13(20-11)15-21(18,19)10-7-5-9(14)6-8-10/h5-8,11H,3-4H2,1-2H3/t11-/m0/s1. The molecule has 8 heteroatoms. The van der Waals surface area contributed by atoms with Crippen molar-refractivity contribution in [1.82, 2.24) is 4.90 Å². The lowest BCUT2D eigenvalue weighted by Crippen LogP contribution is -2.32. The van der Waals surface area contributed by atoms with Crippen molar-refractivity contribution < 1.29 is 13.2 Å². The number of thioether (sulfide) groups is 1. The number of hydrogen-bond acceptors (Lipinski definition) is 4. The predicted octanol–water partition coefficient (Wildman–Crippen LogP) is 2.76. The molecule has 0 aromatic heterocycles. The molecule has 1 aromatic carbocycles. The van der Waals surface area contributed by atoms with Gasteiger partial charge in [-0.25, -0.2) is 0 Å². The molecule has 0 N–H and O–H groups in total. The van der Waals surface area contributed by atoms with E-state index in [1.165, 1.54) is 40.9 Å². The number of benzene rings is 1. The smallest absolute Gasteiger partial charge is 0.284 e. The summed E-state index contributed by atoms with van der Waals surface area (Å²) in [5.41, 5.74) is 0. The third kappa shape index (κ3) is 3.41. The van der Waals surface area contributed by atoms with Crippen LogP contribution in [0.3, 0.4) is 0 Å². The highest BCUT2D eigenvalue weighted by Crippen LogP contribution is 2.30. The molecule has 0 spiro atoms. The molecule has 0 unspecified atom stereocenters. The highest BCUT2D eigenvalue weighted by molar-refractivity contribution is 8.16. The Labute approximate surface area is 133 Å². The first-order valence-electron chi connectivity index (χ1n) is 6.47. The number of hydrogen-bond donors (Lipinski definition) is 0. The summed E-state index contributed by atoms with van der Waals surface area (Å²) in [6, 6.07) is 5.79. The van der Waals surface area contributed by atoms with E-state index in [9.17, 15) is 13.2 Å². The van der Waals surface area contributed by atoms with Crippen LogP contribution in [-0.2, 0) is 14.8 Å². The summed E-state index contributed by atoms with van der Waals surface area (Å²) in [6.45, 7) is 4.08. The second-order valence-corrected chi connectivity index (χ2v) is 7.61. The largest absolute Gasteiger partial charge is 0.290 e. The van der Waals surface area contributed by atoms with Crippen molar-refractivity contribution in [3.63, 3.8) is 0 Å². The molecule has 1 aliphatic heterocycles. The fourth-order valence-corrected chi connectivity index (χ4v) is 4.37. The number of carbonyl (C=O) groups is 1. The summed E-state index contributed by atoms with van der Waals surface area (Å²) in [5, 5.41) is 0.432. The van der Waals surface area contributed by atoms with E-state index in [1.54, 1.807) is 6.92 Å². The van der Waals surface area contributed by atoms with E-state index in [2.05, 4.69) is 4.40 Å². The molecule has 1 aliphatic rings. The summed E-state index contributed by atoms with van der Waals surface area (Å²) < 4.78 is 28.4. The van der Waals surface area contributed by atoms with E-state index >= 15 is 0 Å². The van der Waals surface area contributed by atoms with Gasteiger partial charge < -0.3 is 0 Å². The Hall–Kier alpha value is -1.05. The summed E-state index contributed by atoms with van der Waals surface area (Å²) in [7, 11) is -3.84. The minimum Gasteiger partial charge on any atom is -0.290 e. The topological polar surface area (TPSA) is 66.8 Å². The van der Waals surface area contributed by atoms with Crippen molar-refractivity contribution in [3.05, 3.63) is 29.3 Å². The lowest BCUT2D eigenvalue weighted by molar-refractivity contribution is -0.126. The number of halogens is 1. The van der Waals surface area contributed by atoms with Crippen LogP contribution in [0, 0.1) is 0 Å². The Bertz CT molecular complexity index is 671. The van der Waals surface area contributed by atoms with Gasteiger partial charge in [-0.15, -0.1) is 4.40 Å². The predicted molar refractivity (Wildman–Crippen MR) is 85.1 cm³/mol. The summed E-state index contributed by atoms with van der Waals surface area (Å²) in [6.07, 6.45) is 0.639. The van der Waals surface area contributed by atoms with Gasteiger partial charge in [-0.2, -0.15) is 8.42 Å². The third-order valence-corrected chi connectivity index (χ3v) is 6.01. The number of amides is 1. The van der Waals surface area contributed by atoms with E-state index < -0.39 is 10.0 Å². The van der Waals surface area contributed by atoms with Crippen LogP contribution >= 0.6 is 23.4 Å². The molecule has 5 nitrogen and oxygen atoms in total. The molecule has 21 heavy (non-hydrogen) atoms. The molecule has 1 saturated heterocycles. The summed E-state index contributed by atoms with van der Waals surface area (Å²) >= 11 is 6.94. The van der Waals surface area contributed by atoms with E-state index in [0.29, 0.717) is 18.0 Å². The molecule has 114 valence electrons. The van der Waals surface area contributed by atoms with Gasteiger partial charge >= 0.3 is 0 Å². The first-order valence-corrected chi connectivity index (χ1v) is 9.17. The zero-order valence-corrected chi connectivity index (χ0v) is 14.0. The van der Waals surface area contributed by atoms with Crippen LogP contribution < -0.4 is 0 Å².